The van der Waals surface area contributed by atoms with E-state index in [4.69, 9.17) is 26.2 Å². The van der Waals surface area contributed by atoms with Gasteiger partial charge in [-0.25, -0.2) is 0 Å². The first kappa shape index (κ1) is 21.9. The van der Waals surface area contributed by atoms with Crippen molar-refractivity contribution in [2.75, 3.05) is 39.9 Å². The van der Waals surface area contributed by atoms with Gasteiger partial charge in [0.2, 0.25) is 0 Å². The molecule has 1 heterocycles. The summed E-state index contributed by atoms with van der Waals surface area (Å²) in [4.78, 5) is 27.5. The molecule has 1 saturated heterocycles. The molecule has 0 aliphatic carbocycles. The Kier molecular flexibility index (Phi) is 7.54. The number of carboxylic acid groups (broad SMARTS) is 1. The van der Waals surface area contributed by atoms with Crippen LogP contribution in [0.3, 0.4) is 0 Å². The number of hydrogen-bond acceptors (Lipinski definition) is 5. The first-order valence-electron chi connectivity index (χ1n) is 9.70. The summed E-state index contributed by atoms with van der Waals surface area (Å²) in [6.45, 7) is 3.61. The second-order valence-electron chi connectivity index (χ2n) is 7.13. The second-order valence-corrected chi connectivity index (χ2v) is 7.56. The summed E-state index contributed by atoms with van der Waals surface area (Å²) >= 11 is 5.93. The summed E-state index contributed by atoms with van der Waals surface area (Å²) in [5, 5.41) is 9.63. The maximum atomic E-state index is 12.5. The van der Waals surface area contributed by atoms with Crippen molar-refractivity contribution < 1.29 is 24.2 Å². The predicted octanol–water partition coefficient (Wildman–Crippen LogP) is 2.70. The fraction of sp³-hybridized carbons (Fsp3) is 0.364. The van der Waals surface area contributed by atoms with Gasteiger partial charge in [-0.3, -0.25) is 14.5 Å². The Labute approximate surface area is 180 Å². The van der Waals surface area contributed by atoms with Gasteiger partial charge >= 0.3 is 5.97 Å². The molecule has 1 aliphatic heterocycles. The minimum Gasteiger partial charge on any atom is -0.493 e. The number of methoxy groups -OCH3 is 1. The summed E-state index contributed by atoms with van der Waals surface area (Å²) in [5.74, 6) is -0.176. The van der Waals surface area contributed by atoms with E-state index in [1.54, 1.807) is 23.1 Å². The number of halogens is 1. The highest BCUT2D eigenvalue weighted by atomic mass is 35.5. The Morgan fingerprint density at radius 3 is 2.30 bits per heavy atom. The van der Waals surface area contributed by atoms with Gasteiger partial charge in [-0.15, -0.1) is 0 Å². The minimum atomic E-state index is -0.920. The summed E-state index contributed by atoms with van der Waals surface area (Å²) in [6.07, 6.45) is -0.101. The van der Waals surface area contributed by atoms with Crippen molar-refractivity contribution in [3.63, 3.8) is 0 Å². The van der Waals surface area contributed by atoms with E-state index in [0.29, 0.717) is 30.2 Å². The highest BCUT2D eigenvalue weighted by Crippen LogP contribution is 2.28. The largest absolute Gasteiger partial charge is 0.493 e. The van der Waals surface area contributed by atoms with E-state index in [1.165, 1.54) is 12.7 Å². The van der Waals surface area contributed by atoms with Crippen LogP contribution in [-0.2, 0) is 22.6 Å². The molecule has 1 aliphatic rings. The molecule has 7 nitrogen and oxygen atoms in total. The van der Waals surface area contributed by atoms with Crippen LogP contribution in [0.25, 0.3) is 0 Å². The number of amides is 1. The lowest BCUT2D eigenvalue weighted by molar-refractivity contribution is -0.136. The van der Waals surface area contributed by atoms with Crippen molar-refractivity contribution in [3.8, 4) is 11.5 Å². The molecule has 8 heteroatoms. The lowest BCUT2D eigenvalue weighted by Gasteiger charge is -2.34. The molecule has 0 spiro atoms. The molecule has 2 aromatic rings. The summed E-state index contributed by atoms with van der Waals surface area (Å²) in [7, 11) is 1.48. The van der Waals surface area contributed by atoms with Crippen LogP contribution in [0, 0.1) is 0 Å². The fourth-order valence-electron chi connectivity index (χ4n) is 3.35. The van der Waals surface area contributed by atoms with Gasteiger partial charge in [0.15, 0.2) is 18.1 Å². The van der Waals surface area contributed by atoms with Crippen molar-refractivity contribution in [1.82, 2.24) is 9.80 Å². The smallest absolute Gasteiger partial charge is 0.307 e. The second kappa shape index (κ2) is 10.3. The number of rotatable bonds is 8. The predicted molar refractivity (Wildman–Crippen MR) is 113 cm³/mol. The van der Waals surface area contributed by atoms with Crippen molar-refractivity contribution in [2.45, 2.75) is 13.0 Å². The first-order chi connectivity index (χ1) is 14.4. The maximum absolute atomic E-state index is 12.5. The molecule has 160 valence electrons. The van der Waals surface area contributed by atoms with Crippen molar-refractivity contribution in [1.29, 1.82) is 0 Å². The van der Waals surface area contributed by atoms with Gasteiger partial charge in [0.25, 0.3) is 5.91 Å². The van der Waals surface area contributed by atoms with E-state index in [1.807, 2.05) is 24.3 Å². The van der Waals surface area contributed by atoms with Crippen molar-refractivity contribution in [2.24, 2.45) is 0 Å². The number of carbonyl (C=O) groups is 2. The third kappa shape index (κ3) is 6.11. The first-order valence-corrected chi connectivity index (χ1v) is 10.1. The van der Waals surface area contributed by atoms with E-state index in [2.05, 4.69) is 4.90 Å². The Bertz CT molecular complexity index is 880. The lowest BCUT2D eigenvalue weighted by Crippen LogP contribution is -2.49. The number of piperazine rings is 1. The van der Waals surface area contributed by atoms with Crippen LogP contribution < -0.4 is 9.47 Å². The van der Waals surface area contributed by atoms with Gasteiger partial charge in [0.1, 0.15) is 0 Å². The molecule has 1 N–H and O–H groups in total. The molecule has 0 unspecified atom stereocenters. The topological polar surface area (TPSA) is 79.3 Å². The zero-order valence-corrected chi connectivity index (χ0v) is 17.6. The molecule has 30 heavy (non-hydrogen) atoms. The lowest BCUT2D eigenvalue weighted by atomic mass is 10.1. The highest BCUT2D eigenvalue weighted by molar-refractivity contribution is 6.30. The van der Waals surface area contributed by atoms with E-state index >= 15 is 0 Å². The van der Waals surface area contributed by atoms with Gasteiger partial charge in [0, 0.05) is 37.7 Å². The summed E-state index contributed by atoms with van der Waals surface area (Å²) in [6, 6.07) is 12.7. The zero-order chi connectivity index (χ0) is 21.5. The van der Waals surface area contributed by atoms with Crippen LogP contribution in [0.1, 0.15) is 11.1 Å². The quantitative estimate of drug-likeness (QED) is 0.691. The van der Waals surface area contributed by atoms with E-state index < -0.39 is 5.97 Å². The summed E-state index contributed by atoms with van der Waals surface area (Å²) in [5.41, 5.74) is 1.80. The van der Waals surface area contributed by atoms with E-state index in [-0.39, 0.29) is 18.9 Å². The van der Waals surface area contributed by atoms with Gasteiger partial charge in [0.05, 0.1) is 13.5 Å². The van der Waals surface area contributed by atoms with Crippen LogP contribution in [0.4, 0.5) is 0 Å². The number of hydrogen-bond donors (Lipinski definition) is 1. The number of aliphatic carboxylic acids is 1. The fourth-order valence-corrected chi connectivity index (χ4v) is 3.48. The Hall–Kier alpha value is -2.77. The molecular weight excluding hydrogens is 408 g/mol. The monoisotopic (exact) mass is 432 g/mol. The van der Waals surface area contributed by atoms with Crippen LogP contribution in [0.15, 0.2) is 42.5 Å². The molecular formula is C22H25ClN2O5. The van der Waals surface area contributed by atoms with Crippen LogP contribution in [0.5, 0.6) is 11.5 Å². The summed E-state index contributed by atoms with van der Waals surface area (Å²) < 4.78 is 10.9. The normalized spacial score (nSPS) is 14.4. The molecule has 1 amide bonds. The molecule has 2 aromatic carbocycles. The van der Waals surface area contributed by atoms with Gasteiger partial charge < -0.3 is 19.5 Å². The number of benzene rings is 2. The molecule has 0 atom stereocenters. The zero-order valence-electron chi connectivity index (χ0n) is 16.8. The van der Waals surface area contributed by atoms with E-state index in [0.717, 1.165) is 24.7 Å². The van der Waals surface area contributed by atoms with Gasteiger partial charge in [-0.1, -0.05) is 29.8 Å². The number of carbonyl (C=O) groups excluding carboxylic acids is 1. The van der Waals surface area contributed by atoms with Crippen LogP contribution in [0.2, 0.25) is 5.02 Å². The van der Waals surface area contributed by atoms with Gasteiger partial charge in [-0.05, 0) is 35.4 Å². The average molecular weight is 433 g/mol. The molecule has 3 rings (SSSR count). The number of nitrogens with zero attached hydrogens (tertiary/aromatic N) is 2. The standard InChI is InChI=1S/C22H25ClN2O5/c1-29-20-12-17(13-22(27)28)4-7-19(20)30-15-21(26)25-10-8-24(9-11-25)14-16-2-5-18(23)6-3-16/h2-7,12H,8-11,13-15H2,1H3,(H,27,28). The van der Waals surface area contributed by atoms with E-state index in [9.17, 15) is 9.59 Å². The number of carboxylic acids is 1. The number of ether oxygens (including phenoxy) is 2. The maximum Gasteiger partial charge on any atom is 0.307 e. The third-order valence-electron chi connectivity index (χ3n) is 4.98. The van der Waals surface area contributed by atoms with Gasteiger partial charge in [-0.2, -0.15) is 0 Å². The molecule has 0 bridgehead atoms. The molecule has 0 radical (unpaired) electrons. The molecule has 0 saturated carbocycles. The molecule has 1 fully saturated rings. The van der Waals surface area contributed by atoms with Crippen LogP contribution >= 0.6 is 11.6 Å². The highest BCUT2D eigenvalue weighted by Gasteiger charge is 2.22. The SMILES string of the molecule is COc1cc(CC(=O)O)ccc1OCC(=O)N1CCN(Cc2ccc(Cl)cc2)CC1. The minimum absolute atomic E-state index is 0.0854. The Morgan fingerprint density at radius 1 is 1.00 bits per heavy atom. The average Bonchev–Trinajstić information content (AvgIpc) is 2.74. The van der Waals surface area contributed by atoms with Crippen molar-refractivity contribution >= 4 is 23.5 Å². The third-order valence-corrected chi connectivity index (χ3v) is 5.23. The Balaban J connectivity index is 1.48. The van der Waals surface area contributed by atoms with Crippen molar-refractivity contribution in [3.05, 3.63) is 58.6 Å². The Morgan fingerprint density at radius 2 is 1.67 bits per heavy atom. The van der Waals surface area contributed by atoms with Crippen LogP contribution in [-0.4, -0.2) is 66.7 Å². The molecule has 0 aromatic heterocycles.